The maximum atomic E-state index is 13.6. The molecular weight excluding hydrogens is 250 g/mol. The first-order valence-electron chi connectivity index (χ1n) is 6.79. The fourth-order valence-electron chi connectivity index (χ4n) is 2.52. The number of hydrogen-bond donors (Lipinski definition) is 1. The van der Waals surface area contributed by atoms with Gasteiger partial charge in [-0.3, -0.25) is 0 Å². The summed E-state index contributed by atoms with van der Waals surface area (Å²) in [6.45, 7) is 4.16. The summed E-state index contributed by atoms with van der Waals surface area (Å²) < 4.78 is 32.4. The fraction of sp³-hybridized carbons (Fsp3) is 0.600. The fourth-order valence-corrected chi connectivity index (χ4v) is 2.52. The van der Waals surface area contributed by atoms with Crippen LogP contribution in [0.15, 0.2) is 6.07 Å². The van der Waals surface area contributed by atoms with Gasteiger partial charge in [-0.15, -0.1) is 0 Å². The molecule has 0 spiro atoms. The average Bonchev–Trinajstić information content (AvgIpc) is 2.41. The number of ether oxygens (including phenoxy) is 1. The van der Waals surface area contributed by atoms with E-state index in [0.717, 1.165) is 18.8 Å². The molecule has 106 valence electrons. The van der Waals surface area contributed by atoms with E-state index >= 15 is 0 Å². The van der Waals surface area contributed by atoms with E-state index in [1.165, 1.54) is 25.8 Å². The van der Waals surface area contributed by atoms with E-state index in [2.05, 4.69) is 6.92 Å². The highest BCUT2D eigenvalue weighted by Gasteiger charge is 2.21. The molecule has 1 saturated carbocycles. The second kappa shape index (κ2) is 5.76. The standard InChI is InChI=1S/C15H20F2O2/c1-9-3-5-11(6-4-9)8-19-12-7-10(2)15(18)14(17)13(12)16/h7,9,11,18H,3-6,8H2,1-2H3. The van der Waals surface area contributed by atoms with Crippen LogP contribution < -0.4 is 4.74 Å². The van der Waals surface area contributed by atoms with Crippen LogP contribution in [0.4, 0.5) is 8.78 Å². The Labute approximate surface area is 112 Å². The minimum Gasteiger partial charge on any atom is -0.505 e. The van der Waals surface area contributed by atoms with Crippen molar-refractivity contribution in [2.75, 3.05) is 6.61 Å². The number of benzene rings is 1. The lowest BCUT2D eigenvalue weighted by atomic mass is 9.83. The first-order chi connectivity index (χ1) is 8.99. The molecule has 0 radical (unpaired) electrons. The lowest BCUT2D eigenvalue weighted by molar-refractivity contribution is 0.181. The number of phenols is 1. The SMILES string of the molecule is Cc1cc(OCC2CCC(C)CC2)c(F)c(F)c1O. The van der Waals surface area contributed by atoms with Crippen molar-refractivity contribution >= 4 is 0 Å². The van der Waals surface area contributed by atoms with Gasteiger partial charge in [-0.2, -0.15) is 8.78 Å². The zero-order valence-corrected chi connectivity index (χ0v) is 11.4. The first kappa shape index (κ1) is 14.1. The summed E-state index contributed by atoms with van der Waals surface area (Å²) in [4.78, 5) is 0. The third kappa shape index (κ3) is 3.17. The lowest BCUT2D eigenvalue weighted by Gasteiger charge is -2.26. The minimum atomic E-state index is -1.23. The van der Waals surface area contributed by atoms with Crippen LogP contribution in [0, 0.1) is 30.4 Å². The first-order valence-corrected chi connectivity index (χ1v) is 6.79. The van der Waals surface area contributed by atoms with Gasteiger partial charge in [0.1, 0.15) is 0 Å². The van der Waals surface area contributed by atoms with E-state index in [4.69, 9.17) is 4.74 Å². The molecule has 2 nitrogen and oxygen atoms in total. The number of hydrogen-bond acceptors (Lipinski definition) is 2. The molecule has 1 aliphatic rings. The largest absolute Gasteiger partial charge is 0.505 e. The number of phenolic OH excluding ortho intramolecular Hbond substituents is 1. The smallest absolute Gasteiger partial charge is 0.204 e. The lowest BCUT2D eigenvalue weighted by Crippen LogP contribution is -2.19. The number of rotatable bonds is 3. The van der Waals surface area contributed by atoms with Crippen molar-refractivity contribution in [3.8, 4) is 11.5 Å². The Morgan fingerprint density at radius 3 is 2.47 bits per heavy atom. The van der Waals surface area contributed by atoms with Gasteiger partial charge in [0.2, 0.25) is 11.6 Å². The molecule has 0 amide bonds. The van der Waals surface area contributed by atoms with E-state index in [1.807, 2.05) is 0 Å². The van der Waals surface area contributed by atoms with E-state index in [-0.39, 0.29) is 11.3 Å². The van der Waals surface area contributed by atoms with Crippen molar-refractivity contribution in [2.24, 2.45) is 11.8 Å². The Bertz CT molecular complexity index is 452. The van der Waals surface area contributed by atoms with E-state index in [0.29, 0.717) is 12.5 Å². The van der Waals surface area contributed by atoms with Gasteiger partial charge in [-0.05, 0) is 43.2 Å². The summed E-state index contributed by atoms with van der Waals surface area (Å²) in [5, 5.41) is 9.29. The predicted octanol–water partition coefficient (Wildman–Crippen LogP) is 4.18. The molecule has 0 atom stereocenters. The highest BCUT2D eigenvalue weighted by molar-refractivity contribution is 5.41. The average molecular weight is 270 g/mol. The second-order valence-electron chi connectivity index (χ2n) is 5.61. The van der Waals surface area contributed by atoms with Gasteiger partial charge in [-0.1, -0.05) is 19.8 Å². The molecule has 19 heavy (non-hydrogen) atoms. The molecule has 4 heteroatoms. The molecule has 1 fully saturated rings. The maximum absolute atomic E-state index is 13.6. The molecule has 2 rings (SSSR count). The summed E-state index contributed by atoms with van der Waals surface area (Å²) in [6, 6.07) is 1.35. The molecule has 0 unspecified atom stereocenters. The summed E-state index contributed by atoms with van der Waals surface area (Å²) in [5.41, 5.74) is 0.283. The number of halogens is 2. The highest BCUT2D eigenvalue weighted by atomic mass is 19.2. The predicted molar refractivity (Wildman–Crippen MR) is 69.4 cm³/mol. The van der Waals surface area contributed by atoms with E-state index < -0.39 is 17.4 Å². The molecule has 0 aromatic heterocycles. The van der Waals surface area contributed by atoms with Gasteiger partial charge in [0.05, 0.1) is 6.61 Å². The van der Waals surface area contributed by atoms with Crippen molar-refractivity contribution in [1.82, 2.24) is 0 Å². The van der Waals surface area contributed by atoms with E-state index in [9.17, 15) is 13.9 Å². The summed E-state index contributed by atoms with van der Waals surface area (Å²) >= 11 is 0. The minimum absolute atomic E-state index is 0.105. The van der Waals surface area contributed by atoms with Gasteiger partial charge in [0.15, 0.2) is 11.5 Å². The quantitative estimate of drug-likeness (QED) is 0.892. The molecule has 0 saturated heterocycles. The molecule has 0 bridgehead atoms. The van der Waals surface area contributed by atoms with Gasteiger partial charge in [0, 0.05) is 0 Å². The third-order valence-electron chi connectivity index (χ3n) is 3.95. The molecule has 1 aromatic rings. The third-order valence-corrected chi connectivity index (χ3v) is 3.95. The Kier molecular flexibility index (Phi) is 4.27. The molecular formula is C15H20F2O2. The Balaban J connectivity index is 2.00. The molecule has 0 heterocycles. The number of aryl methyl sites for hydroxylation is 1. The maximum Gasteiger partial charge on any atom is 0.204 e. The van der Waals surface area contributed by atoms with Crippen LogP contribution in [0.5, 0.6) is 11.5 Å². The van der Waals surface area contributed by atoms with Gasteiger partial charge in [0.25, 0.3) is 0 Å². The van der Waals surface area contributed by atoms with Crippen molar-refractivity contribution in [2.45, 2.75) is 39.5 Å². The molecule has 1 aliphatic carbocycles. The zero-order valence-electron chi connectivity index (χ0n) is 11.4. The van der Waals surface area contributed by atoms with Crippen LogP contribution in [-0.4, -0.2) is 11.7 Å². The van der Waals surface area contributed by atoms with Crippen LogP contribution in [-0.2, 0) is 0 Å². The summed E-state index contributed by atoms with van der Waals surface area (Å²) in [5.74, 6) is -1.92. The summed E-state index contributed by atoms with van der Waals surface area (Å²) in [7, 11) is 0. The van der Waals surface area contributed by atoms with Crippen molar-refractivity contribution in [1.29, 1.82) is 0 Å². The van der Waals surface area contributed by atoms with Crippen molar-refractivity contribution in [3.63, 3.8) is 0 Å². The van der Waals surface area contributed by atoms with Crippen LogP contribution in [0.1, 0.15) is 38.2 Å². The summed E-state index contributed by atoms with van der Waals surface area (Å²) in [6.07, 6.45) is 4.48. The highest BCUT2D eigenvalue weighted by Crippen LogP contribution is 2.32. The Hall–Kier alpha value is -1.32. The van der Waals surface area contributed by atoms with Crippen molar-refractivity contribution in [3.05, 3.63) is 23.3 Å². The van der Waals surface area contributed by atoms with E-state index in [1.54, 1.807) is 0 Å². The van der Waals surface area contributed by atoms with Crippen LogP contribution >= 0.6 is 0 Å². The monoisotopic (exact) mass is 270 g/mol. The second-order valence-corrected chi connectivity index (χ2v) is 5.61. The van der Waals surface area contributed by atoms with Crippen LogP contribution in [0.3, 0.4) is 0 Å². The molecule has 1 N–H and O–H groups in total. The molecule has 1 aromatic carbocycles. The Morgan fingerprint density at radius 1 is 1.21 bits per heavy atom. The molecule has 0 aliphatic heterocycles. The van der Waals surface area contributed by atoms with Crippen molar-refractivity contribution < 1.29 is 18.6 Å². The van der Waals surface area contributed by atoms with Gasteiger partial charge >= 0.3 is 0 Å². The normalized spacial score (nSPS) is 23.4. The van der Waals surface area contributed by atoms with Crippen LogP contribution in [0.25, 0.3) is 0 Å². The van der Waals surface area contributed by atoms with Gasteiger partial charge < -0.3 is 9.84 Å². The van der Waals surface area contributed by atoms with Gasteiger partial charge in [-0.25, -0.2) is 0 Å². The Morgan fingerprint density at radius 2 is 1.84 bits per heavy atom. The zero-order chi connectivity index (χ0) is 14.0. The number of aromatic hydroxyl groups is 1. The van der Waals surface area contributed by atoms with Crippen LogP contribution in [0.2, 0.25) is 0 Å². The topological polar surface area (TPSA) is 29.5 Å².